The molecule has 0 fully saturated rings. The molecule has 1 aromatic rings. The highest BCUT2D eigenvalue weighted by molar-refractivity contribution is 7.89. The summed E-state index contributed by atoms with van der Waals surface area (Å²) in [5.41, 5.74) is 0.653. The van der Waals surface area contributed by atoms with Gasteiger partial charge < -0.3 is 5.11 Å². The summed E-state index contributed by atoms with van der Waals surface area (Å²) in [5.74, 6) is -0.800. The van der Waals surface area contributed by atoms with Gasteiger partial charge in [0.15, 0.2) is 0 Å². The molecule has 0 spiro atoms. The molecular weight excluding hydrogens is 221 g/mol. The third kappa shape index (κ3) is 2.98. The highest BCUT2D eigenvalue weighted by atomic mass is 32.2. The van der Waals surface area contributed by atoms with E-state index < -0.39 is 20.7 Å². The van der Waals surface area contributed by atoms with Crippen molar-refractivity contribution in [3.63, 3.8) is 0 Å². The topological polar surface area (TPSA) is 66.4 Å². The lowest BCUT2D eigenvalue weighted by molar-refractivity contribution is 0.301. The summed E-state index contributed by atoms with van der Waals surface area (Å²) in [6.07, 6.45) is 0. The molecule has 0 aliphatic carbocycles. The van der Waals surface area contributed by atoms with Gasteiger partial charge in [0.05, 0.1) is 6.61 Å². The largest absolute Gasteiger partial charge is 0.395 e. The zero-order chi connectivity index (χ0) is 11.5. The molecule has 1 rings (SSSR count). The lowest BCUT2D eigenvalue weighted by atomic mass is 10.2. The molecule has 84 valence electrons. The van der Waals surface area contributed by atoms with Gasteiger partial charge in [0.1, 0.15) is 10.7 Å². The molecule has 4 nitrogen and oxygen atoms in total. The van der Waals surface area contributed by atoms with Gasteiger partial charge in [-0.1, -0.05) is 6.07 Å². The molecule has 0 atom stereocenters. The zero-order valence-corrected chi connectivity index (χ0v) is 9.01. The molecule has 0 aliphatic heterocycles. The van der Waals surface area contributed by atoms with Crippen LogP contribution in [0.3, 0.4) is 0 Å². The van der Waals surface area contributed by atoms with Crippen molar-refractivity contribution < 1.29 is 17.9 Å². The first-order valence-corrected chi connectivity index (χ1v) is 5.82. The number of aliphatic hydroxyl groups excluding tert-OH is 1. The van der Waals surface area contributed by atoms with Gasteiger partial charge in [0.2, 0.25) is 10.0 Å². The zero-order valence-electron chi connectivity index (χ0n) is 8.20. The average Bonchev–Trinajstić information content (AvgIpc) is 2.18. The van der Waals surface area contributed by atoms with Gasteiger partial charge in [-0.3, -0.25) is 0 Å². The van der Waals surface area contributed by atoms with Crippen molar-refractivity contribution in [2.75, 3.05) is 13.2 Å². The second kappa shape index (κ2) is 4.69. The standard InChI is InChI=1S/C9H12FNO3S/c1-7-2-3-8(10)9(6-7)15(13,14)11-4-5-12/h2-3,6,11-12H,4-5H2,1H3. The molecule has 0 saturated carbocycles. The molecule has 0 aromatic heterocycles. The fraction of sp³-hybridized carbons (Fsp3) is 0.333. The van der Waals surface area contributed by atoms with E-state index in [1.54, 1.807) is 6.92 Å². The van der Waals surface area contributed by atoms with Crippen LogP contribution < -0.4 is 4.72 Å². The van der Waals surface area contributed by atoms with Crippen molar-refractivity contribution in [3.05, 3.63) is 29.6 Å². The second-order valence-corrected chi connectivity index (χ2v) is 4.79. The Hall–Kier alpha value is -0.980. The maximum Gasteiger partial charge on any atom is 0.243 e. The highest BCUT2D eigenvalue weighted by Crippen LogP contribution is 2.15. The Morgan fingerprint density at radius 1 is 1.47 bits per heavy atom. The first-order valence-electron chi connectivity index (χ1n) is 4.34. The smallest absolute Gasteiger partial charge is 0.243 e. The lowest BCUT2D eigenvalue weighted by Gasteiger charge is -2.06. The fourth-order valence-electron chi connectivity index (χ4n) is 1.07. The maximum absolute atomic E-state index is 13.2. The molecule has 0 saturated heterocycles. The molecule has 1 aromatic carbocycles. The predicted molar refractivity (Wildman–Crippen MR) is 53.4 cm³/mol. The van der Waals surface area contributed by atoms with Crippen LogP contribution in [0.2, 0.25) is 0 Å². The van der Waals surface area contributed by atoms with Crippen LogP contribution >= 0.6 is 0 Å². The van der Waals surface area contributed by atoms with Crippen LogP contribution in [0.5, 0.6) is 0 Å². The Balaban J connectivity index is 3.09. The number of hydrogen-bond donors (Lipinski definition) is 2. The number of aryl methyl sites for hydroxylation is 1. The van der Waals surface area contributed by atoms with E-state index in [1.807, 2.05) is 0 Å². The van der Waals surface area contributed by atoms with E-state index in [4.69, 9.17) is 5.11 Å². The third-order valence-corrected chi connectivity index (χ3v) is 3.26. The molecule has 15 heavy (non-hydrogen) atoms. The molecule has 2 N–H and O–H groups in total. The Kier molecular flexibility index (Phi) is 3.78. The number of nitrogens with one attached hydrogen (secondary N) is 1. The summed E-state index contributed by atoms with van der Waals surface area (Å²) in [5, 5.41) is 8.48. The summed E-state index contributed by atoms with van der Waals surface area (Å²) < 4.78 is 38.3. The molecule has 6 heteroatoms. The minimum Gasteiger partial charge on any atom is -0.395 e. The van der Waals surface area contributed by atoms with Gasteiger partial charge in [0.25, 0.3) is 0 Å². The normalized spacial score (nSPS) is 11.7. The van der Waals surface area contributed by atoms with E-state index in [-0.39, 0.29) is 13.2 Å². The van der Waals surface area contributed by atoms with E-state index in [9.17, 15) is 12.8 Å². The van der Waals surface area contributed by atoms with Crippen LogP contribution in [0.4, 0.5) is 4.39 Å². The van der Waals surface area contributed by atoms with E-state index in [2.05, 4.69) is 4.72 Å². The third-order valence-electron chi connectivity index (χ3n) is 1.78. The molecule has 0 aliphatic rings. The number of benzene rings is 1. The molecule has 0 amide bonds. The Bertz CT molecular complexity index is 445. The Labute approximate surface area is 87.8 Å². The summed E-state index contributed by atoms with van der Waals surface area (Å²) in [7, 11) is -3.86. The molecule has 0 radical (unpaired) electrons. The van der Waals surface area contributed by atoms with Gasteiger partial charge in [-0.15, -0.1) is 0 Å². The summed E-state index contributed by atoms with van der Waals surface area (Å²) in [6.45, 7) is 1.22. The average molecular weight is 233 g/mol. The fourth-order valence-corrected chi connectivity index (χ4v) is 2.26. The van der Waals surface area contributed by atoms with Crippen LogP contribution in [-0.2, 0) is 10.0 Å². The first-order chi connectivity index (χ1) is 6.97. The van der Waals surface area contributed by atoms with Crippen molar-refractivity contribution in [3.8, 4) is 0 Å². The number of hydrogen-bond acceptors (Lipinski definition) is 3. The Morgan fingerprint density at radius 2 is 2.13 bits per heavy atom. The molecule has 0 unspecified atom stereocenters. The highest BCUT2D eigenvalue weighted by Gasteiger charge is 2.18. The van der Waals surface area contributed by atoms with Crippen molar-refractivity contribution in [2.45, 2.75) is 11.8 Å². The van der Waals surface area contributed by atoms with E-state index in [0.29, 0.717) is 5.56 Å². The van der Waals surface area contributed by atoms with Crippen LogP contribution in [0, 0.1) is 12.7 Å². The predicted octanol–water partition coefficient (Wildman–Crippen LogP) is 0.405. The van der Waals surface area contributed by atoms with Gasteiger partial charge in [-0.2, -0.15) is 0 Å². The number of halogens is 1. The quantitative estimate of drug-likeness (QED) is 0.791. The van der Waals surface area contributed by atoms with Crippen molar-refractivity contribution in [1.82, 2.24) is 4.72 Å². The second-order valence-electron chi connectivity index (χ2n) is 3.06. The van der Waals surface area contributed by atoms with Gasteiger partial charge in [-0.25, -0.2) is 17.5 Å². The summed E-state index contributed by atoms with van der Waals surface area (Å²) in [6, 6.07) is 3.83. The van der Waals surface area contributed by atoms with E-state index in [1.165, 1.54) is 12.1 Å². The Morgan fingerprint density at radius 3 is 2.73 bits per heavy atom. The molecule has 0 bridgehead atoms. The van der Waals surface area contributed by atoms with E-state index in [0.717, 1.165) is 6.07 Å². The van der Waals surface area contributed by atoms with Crippen LogP contribution in [-0.4, -0.2) is 26.7 Å². The SMILES string of the molecule is Cc1ccc(F)c(S(=O)(=O)NCCO)c1. The van der Waals surface area contributed by atoms with Crippen molar-refractivity contribution in [1.29, 1.82) is 0 Å². The first kappa shape index (κ1) is 12.1. The van der Waals surface area contributed by atoms with Crippen molar-refractivity contribution >= 4 is 10.0 Å². The number of sulfonamides is 1. The molecule has 0 heterocycles. The van der Waals surface area contributed by atoms with Crippen LogP contribution in [0.1, 0.15) is 5.56 Å². The summed E-state index contributed by atoms with van der Waals surface area (Å²) >= 11 is 0. The van der Waals surface area contributed by atoms with Gasteiger partial charge in [0, 0.05) is 6.54 Å². The lowest BCUT2D eigenvalue weighted by Crippen LogP contribution is -2.27. The van der Waals surface area contributed by atoms with Crippen molar-refractivity contribution in [2.24, 2.45) is 0 Å². The number of rotatable bonds is 4. The number of aliphatic hydroxyl groups is 1. The van der Waals surface area contributed by atoms with Crippen LogP contribution in [0.25, 0.3) is 0 Å². The van der Waals surface area contributed by atoms with E-state index >= 15 is 0 Å². The monoisotopic (exact) mass is 233 g/mol. The minimum absolute atomic E-state index is 0.129. The van der Waals surface area contributed by atoms with Gasteiger partial charge >= 0.3 is 0 Å². The molecular formula is C9H12FNO3S. The van der Waals surface area contributed by atoms with Crippen LogP contribution in [0.15, 0.2) is 23.1 Å². The minimum atomic E-state index is -3.86. The van der Waals surface area contributed by atoms with Gasteiger partial charge in [-0.05, 0) is 24.6 Å². The summed E-state index contributed by atoms with van der Waals surface area (Å²) in [4.78, 5) is -0.393. The maximum atomic E-state index is 13.2.